The van der Waals surface area contributed by atoms with Crippen molar-refractivity contribution < 1.29 is 28.2 Å². The van der Waals surface area contributed by atoms with E-state index in [0.29, 0.717) is 44.8 Å². The average molecular weight is 545 g/mol. The van der Waals surface area contributed by atoms with Gasteiger partial charge < -0.3 is 28.8 Å². The van der Waals surface area contributed by atoms with Gasteiger partial charge in [0.2, 0.25) is 6.29 Å². The molecule has 1 N–H and O–H groups in total. The van der Waals surface area contributed by atoms with Crippen LogP contribution in [0.2, 0.25) is 0 Å². The Hall–Kier alpha value is -3.78. The molecule has 6 rings (SSSR count). The van der Waals surface area contributed by atoms with Crippen molar-refractivity contribution in [3.8, 4) is 16.9 Å². The van der Waals surface area contributed by atoms with Gasteiger partial charge in [0.15, 0.2) is 0 Å². The van der Waals surface area contributed by atoms with Gasteiger partial charge >= 0.3 is 6.09 Å². The number of piperidine rings is 1. The van der Waals surface area contributed by atoms with Crippen LogP contribution < -0.4 is 10.1 Å². The van der Waals surface area contributed by atoms with E-state index in [0.717, 1.165) is 53.9 Å². The molecule has 40 heavy (non-hydrogen) atoms. The van der Waals surface area contributed by atoms with Crippen LogP contribution in [0, 0.1) is 11.3 Å². The van der Waals surface area contributed by atoms with Crippen molar-refractivity contribution >= 4 is 12.0 Å². The van der Waals surface area contributed by atoms with Crippen molar-refractivity contribution in [2.24, 2.45) is 11.3 Å². The van der Waals surface area contributed by atoms with Gasteiger partial charge in [0.1, 0.15) is 11.5 Å². The first kappa shape index (κ1) is 26.4. The summed E-state index contributed by atoms with van der Waals surface area (Å²) in [6.45, 7) is 5.00. The highest BCUT2D eigenvalue weighted by atomic mass is 16.7. The number of nitrogens with zero attached hydrogens (tertiary/aromatic N) is 1. The molecule has 1 saturated carbocycles. The Morgan fingerprint density at radius 2 is 1.82 bits per heavy atom. The number of rotatable bonds is 8. The number of fused-ring (bicyclic) bond motifs is 1. The molecule has 1 saturated heterocycles. The van der Waals surface area contributed by atoms with E-state index >= 15 is 0 Å². The molecular weight excluding hydrogens is 508 g/mol. The van der Waals surface area contributed by atoms with Gasteiger partial charge in [0.05, 0.1) is 19.5 Å². The quantitative estimate of drug-likeness (QED) is 0.385. The lowest BCUT2D eigenvalue weighted by Crippen LogP contribution is -2.44. The fraction of sp³-hybridized carbons (Fsp3) is 0.438. The molecule has 2 aromatic carbocycles. The van der Waals surface area contributed by atoms with Crippen LogP contribution in [0.1, 0.15) is 54.3 Å². The second kappa shape index (κ2) is 11.4. The highest BCUT2D eigenvalue weighted by molar-refractivity contribution is 5.94. The molecule has 0 radical (unpaired) electrons. The zero-order valence-corrected chi connectivity index (χ0v) is 22.9. The highest BCUT2D eigenvalue weighted by Crippen LogP contribution is 2.45. The summed E-state index contributed by atoms with van der Waals surface area (Å²) < 4.78 is 23.2. The molecule has 3 aromatic rings. The molecule has 1 aromatic heterocycles. The summed E-state index contributed by atoms with van der Waals surface area (Å²) in [6.07, 6.45) is 5.71. The molecule has 3 aliphatic rings. The normalized spacial score (nSPS) is 19.8. The average Bonchev–Trinajstić information content (AvgIpc) is 3.50. The van der Waals surface area contributed by atoms with Crippen molar-refractivity contribution in [1.29, 1.82) is 0 Å². The number of hydrogen-bond acceptors (Lipinski definition) is 6. The van der Waals surface area contributed by atoms with Gasteiger partial charge in [-0.05, 0) is 73.2 Å². The first-order valence-electron chi connectivity index (χ1n) is 14.2. The standard InChI is InChI=1S/C32H36N2O6/c1-32(13-14-32)21-39-31(36)34-16-11-24(12-17-34)30-38-20-26-19-25(8-9-28(26)40-30)22-4-6-23(7-5-22)29(35)33-15-10-27-3-2-18-37-27/h2-9,18-19,24,30H,10-17,20-21H2,1H3,(H,33,35). The van der Waals surface area contributed by atoms with Crippen LogP contribution in [0.5, 0.6) is 5.75 Å². The number of carbonyl (C=O) groups excluding carboxylic acids is 2. The Morgan fingerprint density at radius 3 is 2.55 bits per heavy atom. The van der Waals surface area contributed by atoms with Crippen molar-refractivity contribution in [2.75, 3.05) is 26.2 Å². The lowest BCUT2D eigenvalue weighted by atomic mass is 9.95. The largest absolute Gasteiger partial charge is 0.469 e. The van der Waals surface area contributed by atoms with Crippen LogP contribution in [0.25, 0.3) is 11.1 Å². The van der Waals surface area contributed by atoms with Crippen molar-refractivity contribution in [2.45, 2.75) is 51.9 Å². The van der Waals surface area contributed by atoms with Crippen molar-refractivity contribution in [1.82, 2.24) is 10.2 Å². The molecule has 2 fully saturated rings. The smallest absolute Gasteiger partial charge is 0.409 e. The van der Waals surface area contributed by atoms with Gasteiger partial charge in [-0.25, -0.2) is 4.79 Å². The molecule has 210 valence electrons. The van der Waals surface area contributed by atoms with Crippen LogP contribution in [0.15, 0.2) is 65.3 Å². The first-order valence-corrected chi connectivity index (χ1v) is 14.2. The molecule has 1 unspecified atom stereocenters. The van der Waals surface area contributed by atoms with E-state index in [2.05, 4.69) is 18.3 Å². The Kier molecular flexibility index (Phi) is 7.52. The number of hydrogen-bond donors (Lipinski definition) is 1. The summed E-state index contributed by atoms with van der Waals surface area (Å²) in [5.41, 5.74) is 3.88. The van der Waals surface area contributed by atoms with Gasteiger partial charge in [-0.2, -0.15) is 0 Å². The highest BCUT2D eigenvalue weighted by Gasteiger charge is 2.39. The summed E-state index contributed by atoms with van der Waals surface area (Å²) in [5, 5.41) is 2.93. The monoisotopic (exact) mass is 544 g/mol. The molecule has 0 bridgehead atoms. The van der Waals surface area contributed by atoms with E-state index in [1.54, 1.807) is 11.2 Å². The number of likely N-dealkylation sites (tertiary alicyclic amines) is 1. The maximum atomic E-state index is 12.5. The predicted molar refractivity (Wildman–Crippen MR) is 149 cm³/mol. The van der Waals surface area contributed by atoms with Crippen LogP contribution >= 0.6 is 0 Å². The van der Waals surface area contributed by atoms with Crippen LogP contribution in [-0.2, 0) is 22.5 Å². The van der Waals surface area contributed by atoms with Gasteiger partial charge in [0.25, 0.3) is 5.91 Å². The third-order valence-corrected chi connectivity index (χ3v) is 8.25. The summed E-state index contributed by atoms with van der Waals surface area (Å²) in [4.78, 5) is 26.7. The topological polar surface area (TPSA) is 90.2 Å². The zero-order chi connectivity index (χ0) is 27.5. The fourth-order valence-electron chi connectivity index (χ4n) is 5.26. The van der Waals surface area contributed by atoms with Crippen LogP contribution in [0.4, 0.5) is 4.79 Å². The summed E-state index contributed by atoms with van der Waals surface area (Å²) >= 11 is 0. The maximum Gasteiger partial charge on any atom is 0.409 e. The molecule has 0 spiro atoms. The molecule has 1 atom stereocenters. The summed E-state index contributed by atoms with van der Waals surface area (Å²) in [6, 6.07) is 17.5. The third kappa shape index (κ3) is 6.17. The maximum absolute atomic E-state index is 12.5. The van der Waals surface area contributed by atoms with Crippen LogP contribution in [0.3, 0.4) is 0 Å². The molecule has 8 nitrogen and oxygen atoms in total. The Morgan fingerprint density at radius 1 is 1.05 bits per heavy atom. The molecule has 1 aliphatic carbocycles. The minimum atomic E-state index is -0.313. The van der Waals surface area contributed by atoms with Crippen molar-refractivity contribution in [3.05, 3.63) is 77.7 Å². The lowest BCUT2D eigenvalue weighted by molar-refractivity contribution is -0.148. The third-order valence-electron chi connectivity index (χ3n) is 8.25. The predicted octanol–water partition coefficient (Wildman–Crippen LogP) is 5.80. The van der Waals surface area contributed by atoms with E-state index in [4.69, 9.17) is 18.6 Å². The summed E-state index contributed by atoms with van der Waals surface area (Å²) in [7, 11) is 0. The van der Waals surface area contributed by atoms with Crippen LogP contribution in [-0.4, -0.2) is 49.4 Å². The second-order valence-corrected chi connectivity index (χ2v) is 11.5. The van der Waals surface area contributed by atoms with Gasteiger partial charge in [-0.3, -0.25) is 4.79 Å². The second-order valence-electron chi connectivity index (χ2n) is 11.5. The number of ether oxygens (including phenoxy) is 3. The number of benzene rings is 2. The minimum absolute atomic E-state index is 0.105. The Bertz CT molecular complexity index is 1320. The van der Waals surface area contributed by atoms with Gasteiger partial charge in [0, 0.05) is 48.5 Å². The Balaban J connectivity index is 0.993. The molecule has 3 heterocycles. The van der Waals surface area contributed by atoms with Gasteiger partial charge in [-0.1, -0.05) is 25.1 Å². The number of furan rings is 1. The molecule has 2 aliphatic heterocycles. The minimum Gasteiger partial charge on any atom is -0.469 e. The van der Waals surface area contributed by atoms with E-state index in [-0.39, 0.29) is 29.6 Å². The number of carbonyl (C=O) groups is 2. The molecule has 2 amide bonds. The lowest BCUT2D eigenvalue weighted by Gasteiger charge is -2.37. The summed E-state index contributed by atoms with van der Waals surface area (Å²) in [5.74, 6) is 1.82. The van der Waals surface area contributed by atoms with Gasteiger partial charge in [-0.15, -0.1) is 0 Å². The number of amides is 2. The zero-order valence-electron chi connectivity index (χ0n) is 22.9. The van der Waals surface area contributed by atoms with E-state index < -0.39 is 0 Å². The fourth-order valence-corrected chi connectivity index (χ4v) is 5.26. The molecule has 8 heteroatoms. The Labute approximate surface area is 234 Å². The molecular formula is C32H36N2O6. The SMILES string of the molecule is CC1(COC(=O)N2CCC(C3OCc4cc(-c5ccc(C(=O)NCCc6ccco6)cc5)ccc4O3)CC2)CC1. The first-order chi connectivity index (χ1) is 19.5. The van der Waals surface area contributed by atoms with Crippen molar-refractivity contribution in [3.63, 3.8) is 0 Å². The number of nitrogens with one attached hydrogen (secondary N) is 1. The van der Waals surface area contributed by atoms with E-state index in [1.807, 2.05) is 48.5 Å². The van der Waals surface area contributed by atoms with E-state index in [9.17, 15) is 9.59 Å². The van der Waals surface area contributed by atoms with E-state index in [1.165, 1.54) is 0 Å².